The van der Waals surface area contributed by atoms with Crippen LogP contribution in [0.1, 0.15) is 78.6 Å². The lowest BCUT2D eigenvalue weighted by molar-refractivity contribution is 0.0122. The monoisotopic (exact) mass is 388 g/mol. The number of allylic oxidation sites excluding steroid dienone is 3. The molecule has 0 spiro atoms. The zero-order valence-corrected chi connectivity index (χ0v) is 17.8. The Kier molecular flexibility index (Phi) is 5.81. The van der Waals surface area contributed by atoms with Crippen LogP contribution in [0.5, 0.6) is 0 Å². The molecular formula is C24H37FN2O. The van der Waals surface area contributed by atoms with Gasteiger partial charge in [-0.05, 0) is 96.1 Å². The second kappa shape index (κ2) is 8.02. The summed E-state index contributed by atoms with van der Waals surface area (Å²) in [5.41, 5.74) is 2.74. The van der Waals surface area contributed by atoms with Gasteiger partial charge >= 0.3 is 0 Å². The predicted octanol–water partition coefficient (Wildman–Crippen LogP) is 5.00. The molecule has 0 radical (unpaired) electrons. The number of nitrogens with zero attached hydrogens (tertiary/aromatic N) is 2. The second-order valence-electron chi connectivity index (χ2n) is 10.2. The largest absolute Gasteiger partial charge is 0.393 e. The van der Waals surface area contributed by atoms with Crippen LogP contribution in [0.25, 0.3) is 0 Å². The van der Waals surface area contributed by atoms with Gasteiger partial charge in [-0.2, -0.15) is 0 Å². The van der Waals surface area contributed by atoms with Crippen molar-refractivity contribution in [3.8, 4) is 0 Å². The van der Waals surface area contributed by atoms with Gasteiger partial charge in [0.1, 0.15) is 5.67 Å². The summed E-state index contributed by atoms with van der Waals surface area (Å²) in [5.74, 6) is 0.755. The highest BCUT2D eigenvalue weighted by Crippen LogP contribution is 2.43. The van der Waals surface area contributed by atoms with E-state index in [1.54, 1.807) is 19.4 Å². The van der Waals surface area contributed by atoms with Crippen LogP contribution in [0.2, 0.25) is 0 Å². The highest BCUT2D eigenvalue weighted by Gasteiger charge is 2.44. The van der Waals surface area contributed by atoms with Crippen LogP contribution >= 0.6 is 0 Å². The number of hydrogen-bond acceptors (Lipinski definition) is 3. The molecule has 3 atom stereocenters. The standard InChI is InChI=1S/C24H37FN2O/c1-16-10-18(17-4-5-17)12-22(15-26-19(11-16)8-9-24(2,3)25)27-20-6-7-21(27)14-23(28)13-20/h10-11,17,20-23,28H,4-9,12-15H2,1-3H3. The van der Waals surface area contributed by atoms with E-state index in [0.717, 1.165) is 37.4 Å². The van der Waals surface area contributed by atoms with Gasteiger partial charge in [-0.1, -0.05) is 11.6 Å². The average molecular weight is 389 g/mol. The zero-order chi connectivity index (χ0) is 19.9. The van der Waals surface area contributed by atoms with Gasteiger partial charge in [0.15, 0.2) is 0 Å². The molecule has 3 fully saturated rings. The molecule has 0 aromatic heterocycles. The lowest BCUT2D eigenvalue weighted by Crippen LogP contribution is -2.51. The third kappa shape index (κ3) is 4.94. The maximum Gasteiger partial charge on any atom is 0.105 e. The number of aliphatic imine (C=N–C) groups is 1. The Morgan fingerprint density at radius 2 is 1.79 bits per heavy atom. The van der Waals surface area contributed by atoms with Crippen molar-refractivity contribution in [3.05, 3.63) is 23.3 Å². The first-order chi connectivity index (χ1) is 13.3. The first-order valence-electron chi connectivity index (χ1n) is 11.3. The number of hydrogen-bond donors (Lipinski definition) is 1. The Balaban J connectivity index is 1.58. The summed E-state index contributed by atoms with van der Waals surface area (Å²) in [6.45, 7) is 6.28. The third-order valence-corrected chi connectivity index (χ3v) is 7.05. The van der Waals surface area contributed by atoms with Gasteiger partial charge in [0.25, 0.3) is 0 Å². The highest BCUT2D eigenvalue weighted by atomic mass is 19.1. The quantitative estimate of drug-likeness (QED) is 0.719. The summed E-state index contributed by atoms with van der Waals surface area (Å²) in [6.07, 6.45) is 13.7. The highest BCUT2D eigenvalue weighted by molar-refractivity contribution is 5.96. The van der Waals surface area contributed by atoms with E-state index in [-0.39, 0.29) is 6.10 Å². The van der Waals surface area contributed by atoms with Crippen LogP contribution in [0.4, 0.5) is 4.39 Å². The molecule has 1 saturated carbocycles. The molecule has 3 nitrogen and oxygen atoms in total. The second-order valence-corrected chi connectivity index (χ2v) is 10.2. The Morgan fingerprint density at radius 3 is 2.39 bits per heavy atom. The molecule has 3 aliphatic heterocycles. The molecule has 0 aromatic rings. The van der Waals surface area contributed by atoms with Crippen LogP contribution in [-0.2, 0) is 0 Å². The summed E-state index contributed by atoms with van der Waals surface area (Å²) in [6, 6.07) is 1.44. The summed E-state index contributed by atoms with van der Waals surface area (Å²) >= 11 is 0. The smallest absolute Gasteiger partial charge is 0.105 e. The Labute approximate surface area is 169 Å². The van der Waals surface area contributed by atoms with E-state index in [9.17, 15) is 9.50 Å². The minimum absolute atomic E-state index is 0.127. The molecule has 4 aliphatic rings. The van der Waals surface area contributed by atoms with Gasteiger partial charge in [-0.15, -0.1) is 0 Å². The third-order valence-electron chi connectivity index (χ3n) is 7.05. The van der Waals surface area contributed by atoms with E-state index in [0.29, 0.717) is 31.0 Å². The molecule has 4 heteroatoms. The van der Waals surface area contributed by atoms with Crippen LogP contribution in [0, 0.1) is 5.92 Å². The van der Waals surface area contributed by atoms with Gasteiger partial charge in [0, 0.05) is 23.8 Å². The first-order valence-corrected chi connectivity index (χ1v) is 11.3. The molecule has 0 aromatic carbocycles. The van der Waals surface area contributed by atoms with Gasteiger partial charge in [0.2, 0.25) is 0 Å². The van der Waals surface area contributed by atoms with Crippen molar-refractivity contribution >= 4 is 5.71 Å². The fraction of sp³-hybridized carbons (Fsp3) is 0.792. The molecule has 2 bridgehead atoms. The Morgan fingerprint density at radius 1 is 1.11 bits per heavy atom. The fourth-order valence-electron chi connectivity index (χ4n) is 5.56. The summed E-state index contributed by atoms with van der Waals surface area (Å²) in [5, 5.41) is 10.2. The van der Waals surface area contributed by atoms with Crippen LogP contribution in [-0.4, -0.2) is 52.2 Å². The molecule has 1 N–H and O–H groups in total. The fourth-order valence-corrected chi connectivity index (χ4v) is 5.56. The van der Waals surface area contributed by atoms with Crippen LogP contribution in [0.3, 0.4) is 0 Å². The first kappa shape index (κ1) is 20.3. The molecule has 1 aliphatic carbocycles. The van der Waals surface area contributed by atoms with E-state index in [4.69, 9.17) is 4.99 Å². The number of halogens is 1. The maximum absolute atomic E-state index is 14.1. The molecule has 156 valence electrons. The SMILES string of the molecule is CC1=CC(CCC(C)(C)F)=NCC(N2C3CCC2CC(O)C3)CC(C2CC2)=C1. The van der Waals surface area contributed by atoms with Gasteiger partial charge < -0.3 is 5.11 Å². The molecular weight excluding hydrogens is 351 g/mol. The lowest BCUT2D eigenvalue weighted by Gasteiger charge is -2.42. The lowest BCUT2D eigenvalue weighted by atomic mass is 9.93. The van der Waals surface area contributed by atoms with Crippen molar-refractivity contribution in [2.45, 2.75) is 108 Å². The van der Waals surface area contributed by atoms with E-state index < -0.39 is 5.67 Å². The Hall–Kier alpha value is -1.00. The predicted molar refractivity (Wildman–Crippen MR) is 114 cm³/mol. The van der Waals surface area contributed by atoms with Crippen molar-refractivity contribution in [2.24, 2.45) is 10.9 Å². The van der Waals surface area contributed by atoms with Crippen LogP contribution in [0.15, 0.2) is 28.3 Å². The van der Waals surface area contributed by atoms with Crippen molar-refractivity contribution in [3.63, 3.8) is 0 Å². The normalized spacial score (nSPS) is 34.8. The molecule has 0 amide bonds. The number of alkyl halides is 1. The molecule has 3 unspecified atom stereocenters. The van der Waals surface area contributed by atoms with Gasteiger partial charge in [0.05, 0.1) is 12.6 Å². The summed E-state index contributed by atoms with van der Waals surface area (Å²) in [7, 11) is 0. The van der Waals surface area contributed by atoms with E-state index >= 15 is 0 Å². The minimum Gasteiger partial charge on any atom is -0.393 e. The average Bonchev–Trinajstić information content (AvgIpc) is 3.39. The molecule has 2 saturated heterocycles. The number of aliphatic hydroxyl groups is 1. The summed E-state index contributed by atoms with van der Waals surface area (Å²) in [4.78, 5) is 7.73. The van der Waals surface area contributed by atoms with Gasteiger partial charge in [-0.3, -0.25) is 9.89 Å². The molecule has 4 rings (SSSR count). The Bertz CT molecular complexity index is 657. The van der Waals surface area contributed by atoms with Crippen molar-refractivity contribution < 1.29 is 9.50 Å². The van der Waals surface area contributed by atoms with Crippen molar-refractivity contribution in [1.82, 2.24) is 4.90 Å². The molecule has 28 heavy (non-hydrogen) atoms. The number of piperidine rings is 1. The maximum atomic E-state index is 14.1. The zero-order valence-electron chi connectivity index (χ0n) is 17.8. The summed E-state index contributed by atoms with van der Waals surface area (Å²) < 4.78 is 14.1. The van der Waals surface area contributed by atoms with Crippen molar-refractivity contribution in [1.29, 1.82) is 0 Å². The van der Waals surface area contributed by atoms with E-state index in [1.165, 1.54) is 31.3 Å². The van der Waals surface area contributed by atoms with Crippen LogP contribution < -0.4 is 0 Å². The number of fused-ring (bicyclic) bond motifs is 2. The number of aliphatic hydroxyl groups excluding tert-OH is 1. The minimum atomic E-state index is -1.15. The number of rotatable bonds is 5. The van der Waals surface area contributed by atoms with Crippen molar-refractivity contribution in [2.75, 3.05) is 6.54 Å². The topological polar surface area (TPSA) is 35.8 Å². The van der Waals surface area contributed by atoms with E-state index in [1.807, 2.05) is 0 Å². The van der Waals surface area contributed by atoms with E-state index in [2.05, 4.69) is 24.0 Å². The van der Waals surface area contributed by atoms with Gasteiger partial charge in [-0.25, -0.2) is 4.39 Å². The molecule has 3 heterocycles.